The average Bonchev–Trinajstić information content (AvgIpc) is 2.84. The number of rotatable bonds is 3. The molecule has 1 heterocycles. The highest BCUT2D eigenvalue weighted by atomic mass is 35.5. The molecule has 0 aliphatic heterocycles. The Morgan fingerprint density at radius 1 is 1.05 bits per heavy atom. The second-order valence-electron chi connectivity index (χ2n) is 4.87. The van der Waals surface area contributed by atoms with Gasteiger partial charge in [0.2, 0.25) is 5.88 Å². The summed E-state index contributed by atoms with van der Waals surface area (Å²) in [4.78, 5) is 4.19. The third-order valence-corrected chi connectivity index (χ3v) is 3.58. The zero-order valence-electron chi connectivity index (χ0n) is 11.9. The summed E-state index contributed by atoms with van der Waals surface area (Å²) in [5.41, 5.74) is 3.56. The molecule has 3 rings (SSSR count). The fourth-order valence-electron chi connectivity index (χ4n) is 2.37. The van der Waals surface area contributed by atoms with Crippen molar-refractivity contribution in [1.29, 1.82) is 0 Å². The predicted molar refractivity (Wildman–Crippen MR) is 95.2 cm³/mol. The maximum absolute atomic E-state index is 6.10. The van der Waals surface area contributed by atoms with E-state index >= 15 is 0 Å². The molecule has 0 radical (unpaired) electrons. The monoisotopic (exact) mass is 329 g/mol. The van der Waals surface area contributed by atoms with Gasteiger partial charge in [0.25, 0.3) is 0 Å². The molecule has 1 aromatic heterocycles. The van der Waals surface area contributed by atoms with Gasteiger partial charge in [-0.2, -0.15) is 0 Å². The second-order valence-corrected chi connectivity index (χ2v) is 5.88. The molecule has 0 spiro atoms. The van der Waals surface area contributed by atoms with Crippen molar-refractivity contribution in [2.24, 2.45) is 4.99 Å². The molecule has 0 unspecified atom stereocenters. The van der Waals surface area contributed by atoms with Crippen LogP contribution in [0.3, 0.4) is 0 Å². The van der Waals surface area contributed by atoms with Gasteiger partial charge < -0.3 is 4.42 Å². The third kappa shape index (κ3) is 2.80. The molecule has 0 aliphatic carbocycles. The Bertz CT molecular complexity index is 875. The van der Waals surface area contributed by atoms with Crippen molar-refractivity contribution in [3.63, 3.8) is 0 Å². The Labute approximate surface area is 138 Å². The highest BCUT2D eigenvalue weighted by molar-refractivity contribution is 6.65. The van der Waals surface area contributed by atoms with Gasteiger partial charge in [0.05, 0.1) is 5.56 Å². The van der Waals surface area contributed by atoms with Crippen molar-refractivity contribution in [2.45, 2.75) is 6.92 Å². The summed E-state index contributed by atoms with van der Waals surface area (Å²) >= 11 is 12.0. The first-order valence-electron chi connectivity index (χ1n) is 6.74. The van der Waals surface area contributed by atoms with Gasteiger partial charge in [-0.3, -0.25) is 0 Å². The summed E-state index contributed by atoms with van der Waals surface area (Å²) in [6, 6.07) is 16.0. The van der Waals surface area contributed by atoms with E-state index in [9.17, 15) is 0 Å². The molecular formula is C18H13Cl2NO. The van der Waals surface area contributed by atoms with E-state index in [2.05, 4.69) is 11.6 Å². The normalized spacial score (nSPS) is 11.9. The number of benzene rings is 2. The van der Waals surface area contributed by atoms with Crippen LogP contribution in [-0.4, -0.2) is 5.17 Å². The van der Waals surface area contributed by atoms with Gasteiger partial charge in [-0.15, -0.1) is 0 Å². The van der Waals surface area contributed by atoms with Crippen LogP contribution >= 0.6 is 23.2 Å². The minimum atomic E-state index is 0.376. The van der Waals surface area contributed by atoms with Crippen LogP contribution in [0, 0.1) is 0 Å². The summed E-state index contributed by atoms with van der Waals surface area (Å²) in [6.07, 6.45) is 0. The van der Waals surface area contributed by atoms with Gasteiger partial charge in [-0.05, 0) is 30.2 Å². The lowest BCUT2D eigenvalue weighted by molar-refractivity contribution is 0.625. The first-order chi connectivity index (χ1) is 10.6. The van der Waals surface area contributed by atoms with Crippen LogP contribution in [0.5, 0.6) is 0 Å². The lowest BCUT2D eigenvalue weighted by atomic mass is 10.0. The fourth-order valence-corrected chi connectivity index (χ4v) is 2.63. The van der Waals surface area contributed by atoms with E-state index in [0.29, 0.717) is 27.2 Å². The number of nitrogens with zero attached hydrogens (tertiary/aromatic N) is 1. The standard InChI is InChI=1S/C18H13Cl2NO/c1-11(19)17-15-9-8-14(13-6-4-3-5-7-13)10-16(15)22-18(17)21-12(2)20/h3-10H,1H2,2H3/b21-12+. The molecule has 110 valence electrons. The predicted octanol–water partition coefficient (Wildman–Crippen LogP) is 6.60. The van der Waals surface area contributed by atoms with E-state index in [1.807, 2.05) is 48.5 Å². The Morgan fingerprint density at radius 2 is 1.77 bits per heavy atom. The largest absolute Gasteiger partial charge is 0.438 e. The molecule has 4 heteroatoms. The molecule has 0 amide bonds. The summed E-state index contributed by atoms with van der Waals surface area (Å²) in [6.45, 7) is 5.47. The van der Waals surface area contributed by atoms with Gasteiger partial charge in [-0.25, -0.2) is 4.99 Å². The van der Waals surface area contributed by atoms with Crippen LogP contribution < -0.4 is 0 Å². The van der Waals surface area contributed by atoms with E-state index in [4.69, 9.17) is 27.6 Å². The molecule has 2 aromatic carbocycles. The third-order valence-electron chi connectivity index (χ3n) is 3.31. The molecular weight excluding hydrogens is 317 g/mol. The molecule has 2 nitrogen and oxygen atoms in total. The number of furan rings is 1. The molecule has 0 atom stereocenters. The second kappa shape index (κ2) is 5.99. The van der Waals surface area contributed by atoms with Crippen molar-refractivity contribution in [3.8, 4) is 11.1 Å². The first kappa shape index (κ1) is 14.9. The molecule has 0 fully saturated rings. The van der Waals surface area contributed by atoms with Crippen LogP contribution in [0.15, 0.2) is 64.5 Å². The minimum Gasteiger partial charge on any atom is -0.438 e. The Balaban J connectivity index is 2.22. The summed E-state index contributed by atoms with van der Waals surface area (Å²) < 4.78 is 5.82. The van der Waals surface area contributed by atoms with E-state index < -0.39 is 0 Å². The Morgan fingerprint density at radius 3 is 2.41 bits per heavy atom. The number of aliphatic imine (C=N–C) groups is 1. The van der Waals surface area contributed by atoms with Crippen molar-refractivity contribution in [1.82, 2.24) is 0 Å². The zero-order valence-corrected chi connectivity index (χ0v) is 13.4. The van der Waals surface area contributed by atoms with Crippen LogP contribution in [0.2, 0.25) is 0 Å². The molecule has 0 aliphatic rings. The van der Waals surface area contributed by atoms with Crippen molar-refractivity contribution < 1.29 is 4.42 Å². The summed E-state index contributed by atoms with van der Waals surface area (Å²) in [5.74, 6) is 0.382. The van der Waals surface area contributed by atoms with Gasteiger partial charge in [-0.1, -0.05) is 66.2 Å². The van der Waals surface area contributed by atoms with Crippen molar-refractivity contribution >= 4 is 50.3 Å². The minimum absolute atomic E-state index is 0.376. The van der Waals surface area contributed by atoms with E-state index in [-0.39, 0.29) is 0 Å². The van der Waals surface area contributed by atoms with Gasteiger partial charge >= 0.3 is 0 Å². The van der Waals surface area contributed by atoms with Gasteiger partial charge in [0, 0.05) is 10.4 Å². The maximum atomic E-state index is 6.10. The maximum Gasteiger partial charge on any atom is 0.229 e. The quantitative estimate of drug-likeness (QED) is 0.497. The summed E-state index contributed by atoms with van der Waals surface area (Å²) in [5, 5.41) is 1.63. The molecule has 0 bridgehead atoms. The molecule has 0 N–H and O–H groups in total. The zero-order chi connectivity index (χ0) is 15.7. The number of hydrogen-bond acceptors (Lipinski definition) is 2. The van der Waals surface area contributed by atoms with E-state index in [0.717, 1.165) is 16.5 Å². The van der Waals surface area contributed by atoms with Crippen molar-refractivity contribution in [3.05, 3.63) is 60.7 Å². The van der Waals surface area contributed by atoms with Crippen LogP contribution in [0.4, 0.5) is 5.88 Å². The number of fused-ring (bicyclic) bond motifs is 1. The molecule has 22 heavy (non-hydrogen) atoms. The molecule has 0 saturated carbocycles. The van der Waals surface area contributed by atoms with Gasteiger partial charge in [0.1, 0.15) is 10.8 Å². The molecule has 3 aromatic rings. The highest BCUT2D eigenvalue weighted by Gasteiger charge is 2.16. The van der Waals surface area contributed by atoms with Crippen LogP contribution in [0.25, 0.3) is 27.1 Å². The fraction of sp³-hybridized carbons (Fsp3) is 0.0556. The lowest BCUT2D eigenvalue weighted by Crippen LogP contribution is -1.78. The van der Waals surface area contributed by atoms with E-state index in [1.54, 1.807) is 6.92 Å². The number of halogens is 2. The Hall–Kier alpha value is -2.03. The van der Waals surface area contributed by atoms with Crippen LogP contribution in [-0.2, 0) is 0 Å². The average molecular weight is 330 g/mol. The van der Waals surface area contributed by atoms with E-state index in [1.165, 1.54) is 0 Å². The topological polar surface area (TPSA) is 25.5 Å². The summed E-state index contributed by atoms with van der Waals surface area (Å²) in [7, 11) is 0. The first-order valence-corrected chi connectivity index (χ1v) is 7.49. The smallest absolute Gasteiger partial charge is 0.229 e. The highest BCUT2D eigenvalue weighted by Crippen LogP contribution is 2.39. The van der Waals surface area contributed by atoms with Crippen LogP contribution in [0.1, 0.15) is 12.5 Å². The lowest BCUT2D eigenvalue weighted by Gasteiger charge is -2.01. The van der Waals surface area contributed by atoms with Crippen molar-refractivity contribution in [2.75, 3.05) is 0 Å². The number of hydrogen-bond donors (Lipinski definition) is 0. The SMILES string of the molecule is C=C(Cl)c1c(/N=C(\C)Cl)oc2cc(-c3ccccc3)ccc12. The van der Waals surface area contributed by atoms with Gasteiger partial charge in [0.15, 0.2) is 0 Å². The Kier molecular flexibility index (Phi) is 4.06. The molecule has 0 saturated heterocycles.